The zero-order valence-electron chi connectivity index (χ0n) is 18.7. The summed E-state index contributed by atoms with van der Waals surface area (Å²) in [5.41, 5.74) is 0.0790. The lowest BCUT2D eigenvalue weighted by molar-refractivity contribution is -0.159. The lowest BCUT2D eigenvalue weighted by Crippen LogP contribution is -2.71. The van der Waals surface area contributed by atoms with Crippen LogP contribution in [0.25, 0.3) is 0 Å². The van der Waals surface area contributed by atoms with Crippen LogP contribution in [0.3, 0.4) is 0 Å². The number of carbonyl (C=O) groups is 5. The number of benzene rings is 1. The molecule has 12 heteroatoms. The number of hydrogen-bond donors (Lipinski definition) is 2. The number of para-hydroxylation sites is 1. The highest BCUT2D eigenvalue weighted by Crippen LogP contribution is 2.46. The normalized spacial score (nSPS) is 21.4. The van der Waals surface area contributed by atoms with Crippen molar-refractivity contribution in [2.45, 2.75) is 30.0 Å². The van der Waals surface area contributed by atoms with Crippen LogP contribution in [0.2, 0.25) is 0 Å². The van der Waals surface area contributed by atoms with E-state index in [9.17, 15) is 29.1 Å². The molecule has 182 valence electrons. The number of hydrogen-bond acceptors (Lipinski definition) is 9. The second-order valence-corrected chi connectivity index (χ2v) is 8.87. The molecule has 1 aromatic rings. The van der Waals surface area contributed by atoms with Gasteiger partial charge in [-0.25, -0.2) is 4.79 Å². The third kappa shape index (κ3) is 5.01. The van der Waals surface area contributed by atoms with Crippen LogP contribution in [0, 0.1) is 5.92 Å². The van der Waals surface area contributed by atoms with Gasteiger partial charge >= 0.3 is 17.9 Å². The van der Waals surface area contributed by atoms with Gasteiger partial charge in [0.25, 0.3) is 11.8 Å². The fourth-order valence-electron chi connectivity index (χ4n) is 3.76. The standard InChI is InChI=1S/C22H24N2O9S/c1-11-14(9-13(21(29)31-2)22(30)32-3)34-19-16(18(26)24(19)17(11)20(27)28)23-15(25)10-33-12-7-5-4-6-8-12/h4-8,13-14,16,19H,9-10H2,1-3H3,(H,23,25)(H,27,28)/t14?,16?,19-/m1/s1. The molecule has 2 aliphatic rings. The third-order valence-electron chi connectivity index (χ3n) is 5.50. The lowest BCUT2D eigenvalue weighted by atomic mass is 9.95. The first-order chi connectivity index (χ1) is 16.2. The van der Waals surface area contributed by atoms with Crippen LogP contribution >= 0.6 is 11.8 Å². The first kappa shape index (κ1) is 25.1. The van der Waals surface area contributed by atoms with E-state index in [2.05, 4.69) is 14.8 Å². The van der Waals surface area contributed by atoms with E-state index >= 15 is 0 Å². The van der Waals surface area contributed by atoms with Crippen molar-refractivity contribution in [2.24, 2.45) is 5.92 Å². The number of esters is 2. The minimum atomic E-state index is -1.33. The Balaban J connectivity index is 1.76. The molecule has 0 bridgehead atoms. The second-order valence-electron chi connectivity index (χ2n) is 7.54. The van der Waals surface area contributed by atoms with E-state index in [0.717, 1.165) is 19.1 Å². The van der Waals surface area contributed by atoms with Gasteiger partial charge in [0, 0.05) is 5.25 Å². The van der Waals surface area contributed by atoms with E-state index in [1.165, 1.54) is 18.7 Å². The van der Waals surface area contributed by atoms with Crippen molar-refractivity contribution < 1.29 is 43.3 Å². The number of nitrogens with zero attached hydrogens (tertiary/aromatic N) is 1. The number of carboxylic acid groups (broad SMARTS) is 1. The molecule has 34 heavy (non-hydrogen) atoms. The second kappa shape index (κ2) is 10.6. The van der Waals surface area contributed by atoms with Crippen molar-refractivity contribution in [3.8, 4) is 5.75 Å². The topological polar surface area (TPSA) is 149 Å². The fraction of sp³-hybridized carbons (Fsp3) is 0.409. The number of fused-ring (bicyclic) bond motifs is 1. The van der Waals surface area contributed by atoms with Gasteiger partial charge in [0.2, 0.25) is 0 Å². The molecular weight excluding hydrogens is 468 g/mol. The molecule has 1 aromatic carbocycles. The smallest absolute Gasteiger partial charge is 0.352 e. The van der Waals surface area contributed by atoms with Crippen LogP contribution in [-0.2, 0) is 33.4 Å². The molecule has 2 N–H and O–H groups in total. The molecule has 0 aromatic heterocycles. The summed E-state index contributed by atoms with van der Waals surface area (Å²) in [6.07, 6.45) is -0.0943. The number of rotatable bonds is 9. The molecular formula is C22H24N2O9S. The molecule has 2 aliphatic heterocycles. The summed E-state index contributed by atoms with van der Waals surface area (Å²) in [6, 6.07) is 7.66. The van der Waals surface area contributed by atoms with E-state index in [1.807, 2.05) is 0 Å². The average Bonchev–Trinajstić information content (AvgIpc) is 2.84. The maximum atomic E-state index is 12.7. The number of ether oxygens (including phenoxy) is 3. The number of methoxy groups -OCH3 is 2. The van der Waals surface area contributed by atoms with Crippen molar-refractivity contribution in [3.63, 3.8) is 0 Å². The van der Waals surface area contributed by atoms with Crippen LogP contribution in [0.4, 0.5) is 0 Å². The highest BCUT2D eigenvalue weighted by Gasteiger charge is 2.56. The Morgan fingerprint density at radius 1 is 1.12 bits per heavy atom. The number of aliphatic carboxylic acids is 1. The van der Waals surface area contributed by atoms with Crippen molar-refractivity contribution in [2.75, 3.05) is 20.8 Å². The van der Waals surface area contributed by atoms with E-state index in [4.69, 9.17) is 4.74 Å². The van der Waals surface area contributed by atoms with Crippen molar-refractivity contribution >= 4 is 41.5 Å². The Labute approximate surface area is 199 Å². The highest BCUT2D eigenvalue weighted by molar-refractivity contribution is 8.00. The van der Waals surface area contributed by atoms with Crippen LogP contribution in [-0.4, -0.2) is 77.2 Å². The summed E-state index contributed by atoms with van der Waals surface area (Å²) in [6.45, 7) is 1.19. The number of β-lactam (4-membered cyclic amide) rings is 1. The molecule has 1 fully saturated rings. The molecule has 2 heterocycles. The Hall–Kier alpha value is -3.54. The largest absolute Gasteiger partial charge is 0.484 e. The Morgan fingerprint density at radius 2 is 1.74 bits per heavy atom. The molecule has 2 unspecified atom stereocenters. The highest BCUT2D eigenvalue weighted by atomic mass is 32.2. The summed E-state index contributed by atoms with van der Waals surface area (Å²) in [4.78, 5) is 62.4. The van der Waals surface area contributed by atoms with Crippen LogP contribution in [0.15, 0.2) is 41.6 Å². The molecule has 0 spiro atoms. The van der Waals surface area contributed by atoms with Gasteiger partial charge < -0.3 is 24.6 Å². The Morgan fingerprint density at radius 3 is 2.29 bits per heavy atom. The number of nitrogens with one attached hydrogen (secondary N) is 1. The number of carbonyl (C=O) groups excluding carboxylic acids is 4. The average molecular weight is 493 g/mol. The monoisotopic (exact) mass is 492 g/mol. The minimum absolute atomic E-state index is 0.0943. The van der Waals surface area contributed by atoms with E-state index in [0.29, 0.717) is 11.3 Å². The number of carboxylic acids is 1. The van der Waals surface area contributed by atoms with Gasteiger partial charge in [-0.15, -0.1) is 11.8 Å². The summed E-state index contributed by atoms with van der Waals surface area (Å²) < 4.78 is 14.8. The van der Waals surface area contributed by atoms with Gasteiger partial charge in [-0.05, 0) is 31.1 Å². The van der Waals surface area contributed by atoms with Crippen LogP contribution < -0.4 is 10.1 Å². The first-order valence-electron chi connectivity index (χ1n) is 10.2. The summed E-state index contributed by atoms with van der Waals surface area (Å²) >= 11 is 1.18. The molecule has 3 rings (SSSR count). The first-order valence-corrected chi connectivity index (χ1v) is 11.2. The zero-order valence-corrected chi connectivity index (χ0v) is 19.5. The molecule has 0 aliphatic carbocycles. The SMILES string of the molecule is COC(=O)C(CC1S[C@@H]2C(NC(=O)COc3ccccc3)C(=O)N2C(C(=O)O)=C1C)C(=O)OC. The van der Waals surface area contributed by atoms with Gasteiger partial charge in [0.15, 0.2) is 12.5 Å². The van der Waals surface area contributed by atoms with Gasteiger partial charge in [0.1, 0.15) is 22.9 Å². The zero-order chi connectivity index (χ0) is 25.0. The third-order valence-corrected chi connectivity index (χ3v) is 7.13. The van der Waals surface area contributed by atoms with Gasteiger partial charge in [0.05, 0.1) is 14.2 Å². The van der Waals surface area contributed by atoms with Crippen molar-refractivity contribution in [1.29, 1.82) is 0 Å². The maximum absolute atomic E-state index is 12.7. The molecule has 3 atom stereocenters. The summed E-state index contributed by atoms with van der Waals surface area (Å²) in [5, 5.41) is 11.0. The maximum Gasteiger partial charge on any atom is 0.352 e. The van der Waals surface area contributed by atoms with Gasteiger partial charge in [-0.3, -0.25) is 24.1 Å². The van der Waals surface area contributed by atoms with E-state index in [-0.39, 0.29) is 18.7 Å². The molecule has 1 saturated heterocycles. The summed E-state index contributed by atoms with van der Waals surface area (Å²) in [7, 11) is 2.26. The van der Waals surface area contributed by atoms with E-state index in [1.54, 1.807) is 30.3 Å². The predicted molar refractivity (Wildman–Crippen MR) is 118 cm³/mol. The Kier molecular flexibility index (Phi) is 7.82. The molecule has 0 saturated carbocycles. The Bertz CT molecular complexity index is 1010. The lowest BCUT2D eigenvalue weighted by Gasteiger charge is -2.51. The number of thioether (sulfide) groups is 1. The molecule has 2 amide bonds. The van der Waals surface area contributed by atoms with Crippen LogP contribution in [0.1, 0.15) is 13.3 Å². The minimum Gasteiger partial charge on any atom is -0.484 e. The van der Waals surface area contributed by atoms with Crippen LogP contribution in [0.5, 0.6) is 5.75 Å². The fourth-order valence-corrected chi connectivity index (χ4v) is 5.39. The van der Waals surface area contributed by atoms with Crippen molar-refractivity contribution in [1.82, 2.24) is 10.2 Å². The quantitative estimate of drug-likeness (QED) is 0.284. The van der Waals surface area contributed by atoms with Crippen molar-refractivity contribution in [3.05, 3.63) is 41.6 Å². The molecule has 11 nitrogen and oxygen atoms in total. The summed E-state index contributed by atoms with van der Waals surface area (Å²) in [5.74, 6) is -4.87. The van der Waals surface area contributed by atoms with Gasteiger partial charge in [-0.2, -0.15) is 0 Å². The van der Waals surface area contributed by atoms with Gasteiger partial charge in [-0.1, -0.05) is 18.2 Å². The predicted octanol–water partition coefficient (Wildman–Crippen LogP) is 0.545. The number of amides is 2. The van der Waals surface area contributed by atoms with E-state index < -0.39 is 52.3 Å². The molecule has 0 radical (unpaired) electrons.